The highest BCUT2D eigenvalue weighted by atomic mass is 15.1. The van der Waals surface area contributed by atoms with Gasteiger partial charge in [0.15, 0.2) is 0 Å². The van der Waals surface area contributed by atoms with Crippen molar-refractivity contribution in [1.29, 1.82) is 0 Å². The molecule has 3 N–H and O–H groups in total. The van der Waals surface area contributed by atoms with Crippen molar-refractivity contribution in [2.24, 2.45) is 0 Å². The van der Waals surface area contributed by atoms with E-state index < -0.39 is 0 Å². The van der Waals surface area contributed by atoms with Gasteiger partial charge in [-0.25, -0.2) is 19.9 Å². The fourth-order valence-corrected chi connectivity index (χ4v) is 3.04. The van der Waals surface area contributed by atoms with Gasteiger partial charge in [-0.3, -0.25) is 4.40 Å². The predicted molar refractivity (Wildman–Crippen MR) is 80.9 cm³/mol. The number of aromatic nitrogens is 5. The highest BCUT2D eigenvalue weighted by molar-refractivity contribution is 5.82. The molecule has 0 radical (unpaired) electrons. The Morgan fingerprint density at radius 3 is 3.14 bits per heavy atom. The summed E-state index contributed by atoms with van der Waals surface area (Å²) in [6, 6.07) is 0.819. The van der Waals surface area contributed by atoms with Gasteiger partial charge in [-0.05, 0) is 5.57 Å². The molecule has 7 nitrogen and oxygen atoms in total. The average molecular weight is 291 g/mol. The first-order chi connectivity index (χ1) is 10.8. The Bertz CT molecular complexity index is 927. The van der Waals surface area contributed by atoms with Crippen LogP contribution >= 0.6 is 0 Å². The molecule has 22 heavy (non-hydrogen) atoms. The van der Waals surface area contributed by atoms with Crippen molar-refractivity contribution in [3.05, 3.63) is 53.9 Å². The molecule has 3 aromatic rings. The maximum atomic E-state index is 5.75. The molecule has 0 bridgehead atoms. The zero-order valence-electron chi connectivity index (χ0n) is 11.6. The molecule has 5 rings (SSSR count). The van der Waals surface area contributed by atoms with Crippen molar-refractivity contribution in [1.82, 2.24) is 29.7 Å². The second kappa shape index (κ2) is 4.11. The monoisotopic (exact) mass is 291 g/mol. The van der Waals surface area contributed by atoms with E-state index in [1.165, 1.54) is 0 Å². The summed E-state index contributed by atoms with van der Waals surface area (Å²) in [5.41, 5.74) is 9.89. The number of nitrogens with one attached hydrogen (secondary N) is 1. The molecule has 2 atom stereocenters. The van der Waals surface area contributed by atoms with E-state index in [9.17, 15) is 0 Å². The van der Waals surface area contributed by atoms with Gasteiger partial charge in [-0.1, -0.05) is 6.08 Å². The van der Waals surface area contributed by atoms with Gasteiger partial charge < -0.3 is 11.1 Å². The highest BCUT2D eigenvalue weighted by Gasteiger charge is 2.38. The molecule has 0 saturated carbocycles. The van der Waals surface area contributed by atoms with Gasteiger partial charge in [0.05, 0.1) is 5.69 Å². The van der Waals surface area contributed by atoms with Gasteiger partial charge in [-0.15, -0.1) is 0 Å². The maximum Gasteiger partial charge on any atom is 0.233 e. The lowest BCUT2D eigenvalue weighted by molar-refractivity contribution is 0.875. The summed E-state index contributed by atoms with van der Waals surface area (Å²) >= 11 is 0. The van der Waals surface area contributed by atoms with Crippen molar-refractivity contribution < 1.29 is 0 Å². The summed E-state index contributed by atoms with van der Waals surface area (Å²) in [7, 11) is 0. The number of imidazole rings is 1. The molecule has 0 spiro atoms. The number of nitrogens with zero attached hydrogens (tertiary/aromatic N) is 5. The summed E-state index contributed by atoms with van der Waals surface area (Å²) in [6.45, 7) is 0. The topological polar surface area (TPSA) is 104 Å². The number of anilines is 1. The molecule has 108 valence electrons. The van der Waals surface area contributed by atoms with Crippen LogP contribution in [0.5, 0.6) is 0 Å². The minimum absolute atomic E-state index is 0.320. The van der Waals surface area contributed by atoms with E-state index in [4.69, 9.17) is 5.73 Å². The molecule has 1 aliphatic carbocycles. The number of nitrogen functional groups attached to an aromatic ring is 1. The first-order valence-corrected chi connectivity index (χ1v) is 7.17. The predicted octanol–water partition coefficient (Wildman–Crippen LogP) is 0.430. The molecule has 1 aliphatic heterocycles. The van der Waals surface area contributed by atoms with Crippen LogP contribution in [-0.4, -0.2) is 36.4 Å². The fraction of sp³-hybridized carbons (Fsp3) is 0.200. The summed E-state index contributed by atoms with van der Waals surface area (Å²) in [5.74, 6) is 1.01. The molecule has 7 heteroatoms. The van der Waals surface area contributed by atoms with Gasteiger partial charge in [0.25, 0.3) is 0 Å². The molecule has 0 amide bonds. The molecular formula is C15H13N7. The minimum Gasteiger partial charge on any atom is -0.368 e. The summed E-state index contributed by atoms with van der Waals surface area (Å²) in [4.78, 5) is 17.2. The smallest absolute Gasteiger partial charge is 0.233 e. The zero-order chi connectivity index (χ0) is 14.7. The van der Waals surface area contributed by atoms with E-state index >= 15 is 0 Å². The molecule has 3 aromatic heterocycles. The molecule has 2 aliphatic rings. The Kier molecular flexibility index (Phi) is 2.21. The van der Waals surface area contributed by atoms with Crippen LogP contribution in [0, 0.1) is 0 Å². The minimum atomic E-state index is 0.320. The first kappa shape index (κ1) is 11.8. The van der Waals surface area contributed by atoms with Crippen molar-refractivity contribution in [2.75, 3.05) is 5.73 Å². The number of hydrogen-bond acceptors (Lipinski definition) is 6. The summed E-state index contributed by atoms with van der Waals surface area (Å²) in [5, 5.41) is 3.45. The maximum absolute atomic E-state index is 5.75. The van der Waals surface area contributed by atoms with Gasteiger partial charge in [-0.2, -0.15) is 0 Å². The van der Waals surface area contributed by atoms with E-state index in [2.05, 4.69) is 31.3 Å². The molecule has 1 saturated heterocycles. The van der Waals surface area contributed by atoms with Crippen molar-refractivity contribution in [3.8, 4) is 0 Å². The first-order valence-electron chi connectivity index (χ1n) is 7.17. The standard InChI is InChI=1S/C15H13N7/c16-14-18-6-10-9(3-12-13(20-12)4-11(10)21-14)8-5-19-15-17-1-2-22(15)7-8/h1-3,5-7,12-13,20H,4H2,(H2,16,18,21). The van der Waals surface area contributed by atoms with Crippen molar-refractivity contribution in [2.45, 2.75) is 18.5 Å². The SMILES string of the molecule is Nc1ncc2c(n1)CC1NC1C=C2c1cnc2nccn2c1. The van der Waals surface area contributed by atoms with Crippen LogP contribution < -0.4 is 11.1 Å². The average Bonchev–Trinajstić information content (AvgIpc) is 3.09. The largest absolute Gasteiger partial charge is 0.368 e. The van der Waals surface area contributed by atoms with Crippen molar-refractivity contribution >= 4 is 17.3 Å². The Morgan fingerprint density at radius 2 is 2.18 bits per heavy atom. The van der Waals surface area contributed by atoms with E-state index in [0.717, 1.165) is 28.8 Å². The van der Waals surface area contributed by atoms with E-state index in [1.807, 2.05) is 29.2 Å². The lowest BCUT2D eigenvalue weighted by atomic mass is 10.00. The summed E-state index contributed by atoms with van der Waals surface area (Å²) < 4.78 is 1.91. The summed E-state index contributed by atoms with van der Waals surface area (Å²) in [6.07, 6.45) is 12.4. The molecule has 0 aromatic carbocycles. The lowest BCUT2D eigenvalue weighted by Crippen LogP contribution is -2.07. The second-order valence-corrected chi connectivity index (χ2v) is 5.65. The fourth-order valence-electron chi connectivity index (χ4n) is 3.04. The van der Waals surface area contributed by atoms with E-state index in [0.29, 0.717) is 23.8 Å². The van der Waals surface area contributed by atoms with Crippen LogP contribution in [0.2, 0.25) is 0 Å². The lowest BCUT2D eigenvalue weighted by Gasteiger charge is -2.11. The number of nitrogens with two attached hydrogens (primary N) is 1. The molecule has 2 unspecified atom stereocenters. The van der Waals surface area contributed by atoms with Crippen LogP contribution in [0.1, 0.15) is 16.8 Å². The van der Waals surface area contributed by atoms with Crippen LogP contribution in [0.15, 0.2) is 37.1 Å². The van der Waals surface area contributed by atoms with Crippen molar-refractivity contribution in [3.63, 3.8) is 0 Å². The van der Waals surface area contributed by atoms with Gasteiger partial charge >= 0.3 is 0 Å². The van der Waals surface area contributed by atoms with Gasteiger partial charge in [0.1, 0.15) is 0 Å². The molecule has 4 heterocycles. The Balaban J connectivity index is 1.72. The second-order valence-electron chi connectivity index (χ2n) is 5.65. The normalized spacial score (nSPS) is 22.6. The Labute approximate surface area is 125 Å². The zero-order valence-corrected chi connectivity index (χ0v) is 11.6. The van der Waals surface area contributed by atoms with Crippen LogP contribution in [0.3, 0.4) is 0 Å². The Hall–Kier alpha value is -2.80. The Morgan fingerprint density at radius 1 is 1.23 bits per heavy atom. The third-order valence-electron chi connectivity index (χ3n) is 4.22. The highest BCUT2D eigenvalue weighted by Crippen LogP contribution is 2.33. The van der Waals surface area contributed by atoms with E-state index in [-0.39, 0.29) is 0 Å². The third kappa shape index (κ3) is 1.72. The number of rotatable bonds is 1. The molecular weight excluding hydrogens is 278 g/mol. The van der Waals surface area contributed by atoms with E-state index in [1.54, 1.807) is 6.20 Å². The van der Waals surface area contributed by atoms with Gasteiger partial charge in [0.2, 0.25) is 11.7 Å². The van der Waals surface area contributed by atoms with Crippen LogP contribution in [-0.2, 0) is 6.42 Å². The van der Waals surface area contributed by atoms with Gasteiger partial charge in [0, 0.05) is 60.6 Å². The van der Waals surface area contributed by atoms with Crippen LogP contribution in [0.25, 0.3) is 11.4 Å². The van der Waals surface area contributed by atoms with Crippen LogP contribution in [0.4, 0.5) is 5.95 Å². The number of fused-ring (bicyclic) bond motifs is 3. The molecule has 1 fully saturated rings. The number of hydrogen-bond donors (Lipinski definition) is 2. The third-order valence-corrected chi connectivity index (χ3v) is 4.22. The quantitative estimate of drug-likeness (QED) is 0.630.